The van der Waals surface area contributed by atoms with E-state index in [1.807, 2.05) is 0 Å². The number of aromatic hydroxyl groups is 2. The highest BCUT2D eigenvalue weighted by molar-refractivity contribution is 9.11. The topological polar surface area (TPSA) is 100 Å². The van der Waals surface area contributed by atoms with Crippen LogP contribution in [0.5, 0.6) is 23.0 Å². The Morgan fingerprint density at radius 1 is 1.19 bits per heavy atom. The molecule has 2 rings (SSSR count). The van der Waals surface area contributed by atoms with Gasteiger partial charge in [0.15, 0.2) is 18.1 Å². The second-order valence-corrected chi connectivity index (χ2v) is 7.34. The predicted molar refractivity (Wildman–Crippen MR) is 107 cm³/mol. The molecule has 2 aromatic carbocycles. The third kappa shape index (κ3) is 5.12. The molecular formula is C16H13Br3N2O5. The number of carbonyl (C=O) groups excluding carboxylic acids is 1. The highest BCUT2D eigenvalue weighted by Gasteiger charge is 2.13. The number of hydrogen-bond donors (Lipinski definition) is 3. The molecule has 0 aliphatic heterocycles. The number of nitrogens with zero attached hydrogens (tertiary/aromatic N) is 1. The van der Waals surface area contributed by atoms with Crippen molar-refractivity contribution in [2.45, 2.75) is 0 Å². The lowest BCUT2D eigenvalue weighted by molar-refractivity contribution is -0.123. The molecule has 3 N–H and O–H groups in total. The second-order valence-electron chi connectivity index (χ2n) is 4.84. The number of methoxy groups -OCH3 is 1. The van der Waals surface area contributed by atoms with Gasteiger partial charge in [-0.25, -0.2) is 5.43 Å². The first-order valence-electron chi connectivity index (χ1n) is 7.01. The number of carbonyl (C=O) groups is 1. The van der Waals surface area contributed by atoms with Crippen LogP contribution in [0, 0.1) is 0 Å². The van der Waals surface area contributed by atoms with E-state index in [4.69, 9.17) is 9.47 Å². The molecule has 0 spiro atoms. The van der Waals surface area contributed by atoms with Gasteiger partial charge in [0, 0.05) is 5.56 Å². The van der Waals surface area contributed by atoms with Crippen molar-refractivity contribution in [2.24, 2.45) is 5.10 Å². The van der Waals surface area contributed by atoms with Gasteiger partial charge in [0.1, 0.15) is 11.5 Å². The number of benzene rings is 2. The molecule has 0 aliphatic rings. The molecule has 26 heavy (non-hydrogen) atoms. The van der Waals surface area contributed by atoms with Gasteiger partial charge in [-0.1, -0.05) is 0 Å². The summed E-state index contributed by atoms with van der Waals surface area (Å²) < 4.78 is 11.7. The van der Waals surface area contributed by atoms with Crippen molar-refractivity contribution in [1.82, 2.24) is 5.43 Å². The van der Waals surface area contributed by atoms with Crippen LogP contribution in [-0.2, 0) is 4.79 Å². The van der Waals surface area contributed by atoms with Crippen molar-refractivity contribution >= 4 is 59.9 Å². The van der Waals surface area contributed by atoms with E-state index in [0.717, 1.165) is 0 Å². The van der Waals surface area contributed by atoms with Crippen LogP contribution < -0.4 is 14.9 Å². The molecule has 1 amide bonds. The van der Waals surface area contributed by atoms with Gasteiger partial charge >= 0.3 is 0 Å². The Morgan fingerprint density at radius 3 is 2.58 bits per heavy atom. The van der Waals surface area contributed by atoms with Gasteiger partial charge in [-0.2, -0.15) is 5.10 Å². The standard InChI is InChI=1S/C16H13Br3N2O5/c1-25-9-2-3-12(10(17)5-9)26-7-13(22)21-20-6-8-4-11(18)15(23)16(24)14(8)19/h2-6,23-24H,7H2,1H3,(H,21,22). The molecule has 0 bridgehead atoms. The molecule has 0 aromatic heterocycles. The average Bonchev–Trinajstić information content (AvgIpc) is 2.63. The van der Waals surface area contributed by atoms with Crippen LogP contribution in [0.2, 0.25) is 0 Å². The lowest BCUT2D eigenvalue weighted by Gasteiger charge is -2.08. The van der Waals surface area contributed by atoms with Crippen LogP contribution >= 0.6 is 47.8 Å². The van der Waals surface area contributed by atoms with Crippen molar-refractivity contribution in [1.29, 1.82) is 0 Å². The van der Waals surface area contributed by atoms with Gasteiger partial charge in [0.2, 0.25) is 0 Å². The Bertz CT molecular complexity index is 858. The lowest BCUT2D eigenvalue weighted by atomic mass is 10.2. The first kappa shape index (κ1) is 20.5. The number of hydrazone groups is 1. The van der Waals surface area contributed by atoms with Gasteiger partial charge in [0.05, 0.1) is 26.7 Å². The predicted octanol–water partition coefficient (Wildman–Crippen LogP) is 3.92. The molecule has 138 valence electrons. The van der Waals surface area contributed by atoms with E-state index in [2.05, 4.69) is 58.3 Å². The van der Waals surface area contributed by atoms with Gasteiger partial charge in [-0.15, -0.1) is 0 Å². The molecule has 0 unspecified atom stereocenters. The smallest absolute Gasteiger partial charge is 0.277 e. The van der Waals surface area contributed by atoms with Crippen LogP contribution in [0.1, 0.15) is 5.56 Å². The molecule has 0 saturated heterocycles. The molecular weight excluding hydrogens is 540 g/mol. The van der Waals surface area contributed by atoms with E-state index in [1.165, 1.54) is 12.3 Å². The summed E-state index contributed by atoms with van der Waals surface area (Å²) in [7, 11) is 1.55. The Kier molecular flexibility index (Phi) is 7.30. The summed E-state index contributed by atoms with van der Waals surface area (Å²) >= 11 is 9.57. The SMILES string of the molecule is COc1ccc(OCC(=O)NN=Cc2cc(Br)c(O)c(O)c2Br)c(Br)c1. The lowest BCUT2D eigenvalue weighted by Crippen LogP contribution is -2.24. The average molecular weight is 553 g/mol. The Labute approximate surface area is 174 Å². The maximum Gasteiger partial charge on any atom is 0.277 e. The molecule has 0 radical (unpaired) electrons. The minimum atomic E-state index is -0.470. The summed E-state index contributed by atoms with van der Waals surface area (Å²) in [6.45, 7) is -0.242. The van der Waals surface area contributed by atoms with E-state index >= 15 is 0 Å². The number of nitrogens with one attached hydrogen (secondary N) is 1. The van der Waals surface area contributed by atoms with Crippen LogP contribution in [0.15, 0.2) is 42.8 Å². The summed E-state index contributed by atoms with van der Waals surface area (Å²) in [6.07, 6.45) is 1.31. The van der Waals surface area contributed by atoms with Crippen LogP contribution in [0.25, 0.3) is 0 Å². The number of halogens is 3. The van der Waals surface area contributed by atoms with E-state index in [9.17, 15) is 15.0 Å². The number of phenols is 2. The molecule has 7 nitrogen and oxygen atoms in total. The third-order valence-corrected chi connectivity index (χ3v) is 5.14. The molecule has 0 heterocycles. The van der Waals surface area contributed by atoms with Crippen molar-refractivity contribution in [3.05, 3.63) is 43.2 Å². The Morgan fingerprint density at radius 2 is 1.92 bits per heavy atom. The molecule has 0 saturated carbocycles. The summed E-state index contributed by atoms with van der Waals surface area (Å²) in [5.74, 6) is 0.0470. The highest BCUT2D eigenvalue weighted by Crippen LogP contribution is 2.40. The third-order valence-electron chi connectivity index (χ3n) is 3.08. The van der Waals surface area contributed by atoms with Crippen LogP contribution in [0.3, 0.4) is 0 Å². The first-order chi connectivity index (χ1) is 12.3. The minimum absolute atomic E-state index is 0.242. The summed E-state index contributed by atoms with van der Waals surface area (Å²) in [4.78, 5) is 11.8. The highest BCUT2D eigenvalue weighted by atomic mass is 79.9. The zero-order valence-electron chi connectivity index (χ0n) is 13.3. The Hall–Kier alpha value is -1.78. The number of rotatable bonds is 6. The van der Waals surface area contributed by atoms with E-state index in [-0.39, 0.29) is 22.6 Å². The molecule has 0 fully saturated rings. The summed E-state index contributed by atoms with van der Waals surface area (Å²) in [5.41, 5.74) is 2.76. The monoisotopic (exact) mass is 550 g/mol. The molecule has 0 aliphatic carbocycles. The number of hydrogen-bond acceptors (Lipinski definition) is 6. The normalized spacial score (nSPS) is 10.8. The quantitative estimate of drug-likeness (QED) is 0.286. The summed E-state index contributed by atoms with van der Waals surface area (Å²) in [6, 6.07) is 6.63. The zero-order chi connectivity index (χ0) is 19.3. The zero-order valence-corrected chi connectivity index (χ0v) is 18.1. The van der Waals surface area contributed by atoms with E-state index in [0.29, 0.717) is 26.0 Å². The van der Waals surface area contributed by atoms with Crippen molar-refractivity contribution < 1.29 is 24.5 Å². The van der Waals surface area contributed by atoms with Crippen molar-refractivity contribution in [3.8, 4) is 23.0 Å². The molecule has 2 aromatic rings. The van der Waals surface area contributed by atoms with Crippen molar-refractivity contribution in [2.75, 3.05) is 13.7 Å². The fourth-order valence-corrected chi connectivity index (χ4v) is 3.10. The fourth-order valence-electron chi connectivity index (χ4n) is 1.79. The maximum absolute atomic E-state index is 11.8. The van der Waals surface area contributed by atoms with Crippen LogP contribution in [-0.4, -0.2) is 36.1 Å². The number of ether oxygens (including phenoxy) is 2. The Balaban J connectivity index is 1.94. The number of phenolic OH excluding ortho intramolecular Hbond substituents is 2. The van der Waals surface area contributed by atoms with E-state index < -0.39 is 5.91 Å². The maximum atomic E-state index is 11.8. The summed E-state index contributed by atoms with van der Waals surface area (Å²) in [5, 5.41) is 23.1. The minimum Gasteiger partial charge on any atom is -0.503 e. The van der Waals surface area contributed by atoms with Gasteiger partial charge in [0.25, 0.3) is 5.91 Å². The fraction of sp³-hybridized carbons (Fsp3) is 0.125. The first-order valence-corrected chi connectivity index (χ1v) is 9.39. The molecule has 0 atom stereocenters. The van der Waals surface area contributed by atoms with Crippen molar-refractivity contribution in [3.63, 3.8) is 0 Å². The van der Waals surface area contributed by atoms with Crippen LogP contribution in [0.4, 0.5) is 0 Å². The van der Waals surface area contributed by atoms with Gasteiger partial charge in [-0.3, -0.25) is 4.79 Å². The largest absolute Gasteiger partial charge is 0.503 e. The molecule has 10 heteroatoms. The van der Waals surface area contributed by atoms with Gasteiger partial charge in [-0.05, 0) is 72.1 Å². The van der Waals surface area contributed by atoms with E-state index in [1.54, 1.807) is 25.3 Å². The second kappa shape index (κ2) is 9.24. The van der Waals surface area contributed by atoms with Gasteiger partial charge < -0.3 is 19.7 Å². The number of amides is 1.